The molecule has 70 valence electrons. The third-order valence-electron chi connectivity index (χ3n) is 2.50. The van der Waals surface area contributed by atoms with Crippen LogP contribution in [-0.2, 0) is 14.4 Å². The maximum Gasteiger partial charge on any atom is 0.311 e. The lowest BCUT2D eigenvalue weighted by atomic mass is 9.76. The number of hydrogen-bond donors (Lipinski definition) is 1. The van der Waals surface area contributed by atoms with Crippen LogP contribution in [0.1, 0.15) is 19.3 Å². The zero-order chi connectivity index (χ0) is 8.97. The molecule has 12 heavy (non-hydrogen) atoms. The monoisotopic (exact) mass is 173 g/mol. The highest BCUT2D eigenvalue weighted by atomic mass is 16.6. The lowest BCUT2D eigenvalue weighted by Crippen LogP contribution is -2.34. The van der Waals surface area contributed by atoms with Gasteiger partial charge in [-0.1, -0.05) is 6.42 Å². The van der Waals surface area contributed by atoms with E-state index in [-0.39, 0.29) is 18.5 Å². The minimum absolute atomic E-state index is 0.159. The molecule has 1 aliphatic rings. The predicted octanol–water partition coefficient (Wildman–Crippen LogP) is 0.466. The highest BCUT2D eigenvalue weighted by Gasteiger charge is 2.33. The van der Waals surface area contributed by atoms with Crippen LogP contribution >= 0.6 is 0 Å². The summed E-state index contributed by atoms with van der Waals surface area (Å²) in [6, 6.07) is 0. The maximum absolute atomic E-state index is 11.2. The summed E-state index contributed by atoms with van der Waals surface area (Å²) in [5, 5.41) is 0. The minimum atomic E-state index is -0.204. The Balaban J connectivity index is 2.41. The van der Waals surface area contributed by atoms with E-state index in [2.05, 4.69) is 9.57 Å². The largest absolute Gasteiger partial charge is 0.469 e. The van der Waals surface area contributed by atoms with E-state index in [1.807, 2.05) is 0 Å². The fourth-order valence-electron chi connectivity index (χ4n) is 1.49. The van der Waals surface area contributed by atoms with Crippen molar-refractivity contribution in [3.8, 4) is 0 Å². The SMILES string of the molecule is COC(=O)C(CON)C1CCC1. The topological polar surface area (TPSA) is 61.5 Å². The Kier molecular flexibility index (Phi) is 3.49. The van der Waals surface area contributed by atoms with Crippen molar-refractivity contribution in [3.05, 3.63) is 0 Å². The Morgan fingerprint density at radius 3 is 2.67 bits per heavy atom. The number of nitrogens with two attached hydrogens (primary N) is 1. The van der Waals surface area contributed by atoms with Gasteiger partial charge in [0.05, 0.1) is 19.6 Å². The molecular weight excluding hydrogens is 158 g/mol. The summed E-state index contributed by atoms with van der Waals surface area (Å²) in [4.78, 5) is 15.7. The zero-order valence-electron chi connectivity index (χ0n) is 7.29. The van der Waals surface area contributed by atoms with Crippen LogP contribution in [0.25, 0.3) is 0 Å². The molecule has 1 saturated carbocycles. The van der Waals surface area contributed by atoms with E-state index < -0.39 is 0 Å². The average molecular weight is 173 g/mol. The fourth-order valence-corrected chi connectivity index (χ4v) is 1.49. The highest BCUT2D eigenvalue weighted by Crippen LogP contribution is 2.34. The molecule has 0 radical (unpaired) electrons. The van der Waals surface area contributed by atoms with Gasteiger partial charge in [-0.05, 0) is 18.8 Å². The second-order valence-corrected chi connectivity index (χ2v) is 3.15. The molecule has 4 heteroatoms. The lowest BCUT2D eigenvalue weighted by Gasteiger charge is -2.31. The van der Waals surface area contributed by atoms with Crippen molar-refractivity contribution < 1.29 is 14.4 Å². The van der Waals surface area contributed by atoms with Crippen LogP contribution < -0.4 is 5.90 Å². The van der Waals surface area contributed by atoms with Crippen LogP contribution in [0.2, 0.25) is 0 Å². The van der Waals surface area contributed by atoms with Crippen molar-refractivity contribution in [3.63, 3.8) is 0 Å². The first-order chi connectivity index (χ1) is 5.79. The van der Waals surface area contributed by atoms with E-state index in [9.17, 15) is 4.79 Å². The van der Waals surface area contributed by atoms with Crippen LogP contribution in [0.5, 0.6) is 0 Å². The van der Waals surface area contributed by atoms with Crippen LogP contribution in [-0.4, -0.2) is 19.7 Å². The quantitative estimate of drug-likeness (QED) is 0.495. The molecule has 0 bridgehead atoms. The molecule has 1 rings (SSSR count). The van der Waals surface area contributed by atoms with Gasteiger partial charge in [-0.2, -0.15) is 0 Å². The second kappa shape index (κ2) is 4.42. The lowest BCUT2D eigenvalue weighted by molar-refractivity contribution is -0.151. The van der Waals surface area contributed by atoms with E-state index in [1.54, 1.807) is 0 Å². The van der Waals surface area contributed by atoms with Crippen LogP contribution in [0.4, 0.5) is 0 Å². The van der Waals surface area contributed by atoms with Gasteiger partial charge < -0.3 is 9.57 Å². The first-order valence-corrected chi connectivity index (χ1v) is 4.19. The molecule has 2 N–H and O–H groups in total. The fraction of sp³-hybridized carbons (Fsp3) is 0.875. The summed E-state index contributed by atoms with van der Waals surface area (Å²) in [7, 11) is 1.39. The van der Waals surface area contributed by atoms with Crippen molar-refractivity contribution in [1.29, 1.82) is 0 Å². The molecule has 4 nitrogen and oxygen atoms in total. The van der Waals surface area contributed by atoms with Gasteiger partial charge in [-0.25, -0.2) is 5.90 Å². The number of hydrogen-bond acceptors (Lipinski definition) is 4. The molecule has 0 aromatic rings. The van der Waals surface area contributed by atoms with Crippen LogP contribution in [0, 0.1) is 11.8 Å². The van der Waals surface area contributed by atoms with Crippen molar-refractivity contribution in [2.24, 2.45) is 17.7 Å². The summed E-state index contributed by atoms with van der Waals surface area (Å²) in [5.41, 5.74) is 0. The summed E-state index contributed by atoms with van der Waals surface area (Å²) in [5.74, 6) is 4.99. The molecule has 0 aromatic heterocycles. The molecule has 1 aliphatic carbocycles. The van der Waals surface area contributed by atoms with Gasteiger partial charge in [0.15, 0.2) is 0 Å². The van der Waals surface area contributed by atoms with Gasteiger partial charge in [-0.3, -0.25) is 4.79 Å². The molecule has 0 heterocycles. The molecule has 0 saturated heterocycles. The van der Waals surface area contributed by atoms with E-state index in [1.165, 1.54) is 13.5 Å². The summed E-state index contributed by atoms with van der Waals surface area (Å²) in [6.07, 6.45) is 3.37. The van der Waals surface area contributed by atoms with Crippen molar-refractivity contribution in [2.75, 3.05) is 13.7 Å². The van der Waals surface area contributed by atoms with E-state index >= 15 is 0 Å². The molecule has 0 aliphatic heterocycles. The van der Waals surface area contributed by atoms with Gasteiger partial charge in [0.25, 0.3) is 0 Å². The van der Waals surface area contributed by atoms with Crippen molar-refractivity contribution in [2.45, 2.75) is 19.3 Å². The smallest absolute Gasteiger partial charge is 0.311 e. The van der Waals surface area contributed by atoms with E-state index in [0.29, 0.717) is 5.92 Å². The Morgan fingerprint density at radius 2 is 2.33 bits per heavy atom. The van der Waals surface area contributed by atoms with E-state index in [0.717, 1.165) is 12.8 Å². The molecule has 0 spiro atoms. The zero-order valence-corrected chi connectivity index (χ0v) is 7.29. The van der Waals surface area contributed by atoms with Gasteiger partial charge in [-0.15, -0.1) is 0 Å². The molecule has 1 fully saturated rings. The third-order valence-corrected chi connectivity index (χ3v) is 2.50. The standard InChI is InChI=1S/C8H15NO3/c1-11-8(10)7(5-12-9)6-3-2-4-6/h6-7H,2-5,9H2,1H3. The Bertz CT molecular complexity index is 156. The Labute approximate surface area is 72.0 Å². The molecular formula is C8H15NO3. The number of carbonyl (C=O) groups is 1. The van der Waals surface area contributed by atoms with Crippen LogP contribution in [0.3, 0.4) is 0 Å². The average Bonchev–Trinajstić information content (AvgIpc) is 1.99. The molecule has 0 amide bonds. The number of rotatable bonds is 4. The van der Waals surface area contributed by atoms with Gasteiger partial charge in [0.2, 0.25) is 0 Å². The highest BCUT2D eigenvalue weighted by molar-refractivity contribution is 5.72. The number of ether oxygens (including phenoxy) is 1. The van der Waals surface area contributed by atoms with Crippen molar-refractivity contribution >= 4 is 5.97 Å². The summed E-state index contributed by atoms with van der Waals surface area (Å²) < 4.78 is 4.65. The van der Waals surface area contributed by atoms with Gasteiger partial charge in [0.1, 0.15) is 0 Å². The molecule has 1 unspecified atom stereocenters. The van der Waals surface area contributed by atoms with Crippen molar-refractivity contribution in [1.82, 2.24) is 0 Å². The maximum atomic E-state index is 11.2. The molecule has 0 aromatic carbocycles. The van der Waals surface area contributed by atoms with Gasteiger partial charge in [0, 0.05) is 0 Å². The second-order valence-electron chi connectivity index (χ2n) is 3.15. The number of esters is 1. The summed E-state index contributed by atoms with van der Waals surface area (Å²) >= 11 is 0. The number of carbonyl (C=O) groups excluding carboxylic acids is 1. The minimum Gasteiger partial charge on any atom is -0.469 e. The summed E-state index contributed by atoms with van der Waals surface area (Å²) in [6.45, 7) is 0.275. The number of methoxy groups -OCH3 is 1. The van der Waals surface area contributed by atoms with Crippen LogP contribution in [0.15, 0.2) is 0 Å². The molecule has 1 atom stereocenters. The van der Waals surface area contributed by atoms with E-state index in [4.69, 9.17) is 5.90 Å². The first-order valence-electron chi connectivity index (χ1n) is 4.19. The Morgan fingerprint density at radius 1 is 1.67 bits per heavy atom. The first kappa shape index (κ1) is 9.48. The predicted molar refractivity (Wildman–Crippen MR) is 43.0 cm³/mol. The van der Waals surface area contributed by atoms with Gasteiger partial charge >= 0.3 is 5.97 Å². The third kappa shape index (κ3) is 1.95. The normalized spacial score (nSPS) is 19.8. The Hall–Kier alpha value is -0.610.